The minimum Gasteiger partial charge on any atom is -0.481 e. The standard InChI is InChI=1S/C8H9BrN2O4/c9-6-2-10-4-11(8(6)15)3-5(12)1-7(13)14/h2,4-5,12H,1,3H2,(H,13,14). The average molecular weight is 277 g/mol. The number of carboxylic acid groups (broad SMARTS) is 1. The molecule has 1 unspecified atom stereocenters. The van der Waals surface area contributed by atoms with Gasteiger partial charge in [-0.2, -0.15) is 0 Å². The number of aromatic nitrogens is 2. The van der Waals surface area contributed by atoms with Gasteiger partial charge in [-0.25, -0.2) is 4.98 Å². The summed E-state index contributed by atoms with van der Waals surface area (Å²) in [5.41, 5.74) is -0.352. The number of hydrogen-bond acceptors (Lipinski definition) is 4. The van der Waals surface area contributed by atoms with Gasteiger partial charge in [0, 0.05) is 6.20 Å². The molecule has 7 heteroatoms. The van der Waals surface area contributed by atoms with Gasteiger partial charge in [0.15, 0.2) is 0 Å². The molecule has 2 N–H and O–H groups in total. The lowest BCUT2D eigenvalue weighted by Crippen LogP contribution is -2.28. The van der Waals surface area contributed by atoms with Crippen LogP contribution in [0.1, 0.15) is 6.42 Å². The number of carbonyl (C=O) groups is 1. The third-order valence-corrected chi connectivity index (χ3v) is 2.22. The Hall–Kier alpha value is -1.21. The second-order valence-corrected chi connectivity index (χ2v) is 3.81. The molecule has 0 bridgehead atoms. The number of carboxylic acids is 1. The molecule has 0 aliphatic rings. The molecule has 0 saturated heterocycles. The summed E-state index contributed by atoms with van der Waals surface area (Å²) in [5, 5.41) is 17.7. The van der Waals surface area contributed by atoms with Gasteiger partial charge in [0.05, 0.1) is 25.4 Å². The van der Waals surface area contributed by atoms with Crippen LogP contribution in [-0.4, -0.2) is 31.8 Å². The summed E-state index contributed by atoms with van der Waals surface area (Å²) in [5.74, 6) is -1.11. The summed E-state index contributed by atoms with van der Waals surface area (Å²) < 4.78 is 1.42. The van der Waals surface area contributed by atoms with Crippen molar-refractivity contribution in [1.29, 1.82) is 0 Å². The largest absolute Gasteiger partial charge is 0.481 e. The van der Waals surface area contributed by atoms with Crippen LogP contribution in [0, 0.1) is 0 Å². The Morgan fingerprint density at radius 2 is 2.33 bits per heavy atom. The van der Waals surface area contributed by atoms with E-state index in [1.54, 1.807) is 0 Å². The summed E-state index contributed by atoms with van der Waals surface area (Å²) in [7, 11) is 0. The second-order valence-electron chi connectivity index (χ2n) is 2.95. The third-order valence-electron chi connectivity index (χ3n) is 1.68. The minimum atomic E-state index is -1.11. The second kappa shape index (κ2) is 5.04. The van der Waals surface area contributed by atoms with E-state index in [0.717, 1.165) is 4.57 Å². The van der Waals surface area contributed by atoms with E-state index in [2.05, 4.69) is 20.9 Å². The van der Waals surface area contributed by atoms with E-state index in [4.69, 9.17) is 5.11 Å². The monoisotopic (exact) mass is 276 g/mol. The van der Waals surface area contributed by atoms with E-state index in [-0.39, 0.29) is 16.6 Å². The molecule has 0 aliphatic heterocycles. The molecule has 1 atom stereocenters. The SMILES string of the molecule is O=C(O)CC(O)Cn1cncc(Br)c1=O. The molecule has 15 heavy (non-hydrogen) atoms. The lowest BCUT2D eigenvalue weighted by atomic mass is 10.2. The summed E-state index contributed by atoms with van der Waals surface area (Å²) in [4.78, 5) is 25.4. The smallest absolute Gasteiger partial charge is 0.306 e. The summed E-state index contributed by atoms with van der Waals surface area (Å²) in [6.45, 7) is -0.0857. The number of hydrogen-bond donors (Lipinski definition) is 2. The molecule has 0 aromatic carbocycles. The van der Waals surface area contributed by atoms with Crippen LogP contribution in [0.25, 0.3) is 0 Å². The number of rotatable bonds is 4. The zero-order valence-corrected chi connectivity index (χ0v) is 9.22. The van der Waals surface area contributed by atoms with Crippen LogP contribution in [-0.2, 0) is 11.3 Å². The Balaban J connectivity index is 2.77. The van der Waals surface area contributed by atoms with Crippen molar-refractivity contribution in [3.05, 3.63) is 27.4 Å². The van der Waals surface area contributed by atoms with Crippen molar-refractivity contribution < 1.29 is 15.0 Å². The van der Waals surface area contributed by atoms with Gasteiger partial charge in [-0.15, -0.1) is 0 Å². The molecule has 0 spiro atoms. The number of aliphatic hydroxyl groups is 1. The average Bonchev–Trinajstić information content (AvgIpc) is 2.11. The van der Waals surface area contributed by atoms with Gasteiger partial charge >= 0.3 is 5.97 Å². The van der Waals surface area contributed by atoms with Crippen LogP contribution < -0.4 is 5.56 Å². The lowest BCUT2D eigenvalue weighted by molar-refractivity contribution is -0.139. The van der Waals surface area contributed by atoms with Crippen molar-refractivity contribution in [2.45, 2.75) is 19.1 Å². The van der Waals surface area contributed by atoms with Crippen molar-refractivity contribution in [2.75, 3.05) is 0 Å². The lowest BCUT2D eigenvalue weighted by Gasteiger charge is -2.09. The van der Waals surface area contributed by atoms with E-state index >= 15 is 0 Å². The van der Waals surface area contributed by atoms with E-state index in [0.29, 0.717) is 0 Å². The predicted octanol–water partition coefficient (Wildman–Crippen LogP) is -0.159. The first-order valence-corrected chi connectivity index (χ1v) is 4.90. The molecular formula is C8H9BrN2O4. The molecule has 1 rings (SSSR count). The first-order valence-electron chi connectivity index (χ1n) is 4.10. The van der Waals surface area contributed by atoms with E-state index in [1.807, 2.05) is 0 Å². The number of nitrogens with zero attached hydrogens (tertiary/aromatic N) is 2. The fourth-order valence-electron chi connectivity index (χ4n) is 1.05. The molecule has 0 saturated carbocycles. The van der Waals surface area contributed by atoms with Crippen LogP contribution in [0.3, 0.4) is 0 Å². The molecule has 0 amide bonds. The zero-order valence-electron chi connectivity index (χ0n) is 7.63. The Morgan fingerprint density at radius 1 is 1.67 bits per heavy atom. The molecule has 0 fully saturated rings. The van der Waals surface area contributed by atoms with Gasteiger partial charge < -0.3 is 10.2 Å². The maximum Gasteiger partial charge on any atom is 0.306 e. The number of aliphatic carboxylic acids is 1. The molecule has 1 heterocycles. The van der Waals surface area contributed by atoms with Gasteiger partial charge in [0.25, 0.3) is 5.56 Å². The van der Waals surface area contributed by atoms with Crippen molar-refractivity contribution in [3.8, 4) is 0 Å². The highest BCUT2D eigenvalue weighted by atomic mass is 79.9. The number of halogens is 1. The Bertz CT molecular complexity index is 417. The Morgan fingerprint density at radius 3 is 2.93 bits per heavy atom. The first kappa shape index (κ1) is 11.9. The third kappa shape index (κ3) is 3.45. The predicted molar refractivity (Wildman–Crippen MR) is 54.5 cm³/mol. The zero-order chi connectivity index (χ0) is 11.4. The Labute approximate surface area is 93.3 Å². The van der Waals surface area contributed by atoms with E-state index < -0.39 is 18.5 Å². The normalized spacial score (nSPS) is 12.4. The highest BCUT2D eigenvalue weighted by molar-refractivity contribution is 9.10. The van der Waals surface area contributed by atoms with Crippen LogP contribution in [0.5, 0.6) is 0 Å². The van der Waals surface area contributed by atoms with Crippen molar-refractivity contribution in [2.24, 2.45) is 0 Å². The molecule has 0 radical (unpaired) electrons. The van der Waals surface area contributed by atoms with E-state index in [1.165, 1.54) is 12.5 Å². The minimum absolute atomic E-state index is 0.0857. The van der Waals surface area contributed by atoms with Gasteiger partial charge in [-0.1, -0.05) is 0 Å². The summed E-state index contributed by atoms with van der Waals surface area (Å²) in [6.07, 6.45) is 1.08. The topological polar surface area (TPSA) is 92.4 Å². The fraction of sp³-hybridized carbons (Fsp3) is 0.375. The molecule has 6 nitrogen and oxygen atoms in total. The van der Waals surface area contributed by atoms with Crippen LogP contribution in [0.4, 0.5) is 0 Å². The van der Waals surface area contributed by atoms with Gasteiger partial charge in [-0.3, -0.25) is 14.2 Å². The summed E-state index contributed by atoms with van der Waals surface area (Å²) >= 11 is 2.99. The van der Waals surface area contributed by atoms with Crippen molar-refractivity contribution in [3.63, 3.8) is 0 Å². The maximum atomic E-state index is 11.4. The van der Waals surface area contributed by atoms with Crippen LogP contribution in [0.2, 0.25) is 0 Å². The first-order chi connectivity index (χ1) is 7.00. The fourth-order valence-corrected chi connectivity index (χ4v) is 1.39. The molecule has 1 aromatic rings. The van der Waals surface area contributed by atoms with E-state index in [9.17, 15) is 14.7 Å². The van der Waals surface area contributed by atoms with Crippen LogP contribution >= 0.6 is 15.9 Å². The summed E-state index contributed by atoms with van der Waals surface area (Å²) in [6, 6.07) is 0. The molecule has 1 aromatic heterocycles. The molecular weight excluding hydrogens is 268 g/mol. The maximum absolute atomic E-state index is 11.4. The quantitative estimate of drug-likeness (QED) is 0.797. The number of aliphatic hydroxyl groups excluding tert-OH is 1. The van der Waals surface area contributed by atoms with Gasteiger partial charge in [0.2, 0.25) is 0 Å². The van der Waals surface area contributed by atoms with Crippen molar-refractivity contribution >= 4 is 21.9 Å². The Kier molecular flexibility index (Phi) is 3.98. The van der Waals surface area contributed by atoms with Crippen LogP contribution in [0.15, 0.2) is 21.8 Å². The highest BCUT2D eigenvalue weighted by Crippen LogP contribution is 2.00. The molecule has 82 valence electrons. The van der Waals surface area contributed by atoms with Crippen molar-refractivity contribution in [1.82, 2.24) is 9.55 Å². The highest BCUT2D eigenvalue weighted by Gasteiger charge is 2.11. The molecule has 0 aliphatic carbocycles. The van der Waals surface area contributed by atoms with Gasteiger partial charge in [-0.05, 0) is 15.9 Å². The van der Waals surface area contributed by atoms with Gasteiger partial charge in [0.1, 0.15) is 4.47 Å².